The summed E-state index contributed by atoms with van der Waals surface area (Å²) in [6.45, 7) is 7.20. The number of nitrogens with zero attached hydrogens (tertiary/aromatic N) is 2. The Hall–Kier alpha value is -2.96. The van der Waals surface area contributed by atoms with Gasteiger partial charge < -0.3 is 14.8 Å². The minimum absolute atomic E-state index is 0.407. The van der Waals surface area contributed by atoms with Crippen LogP contribution < -0.4 is 5.32 Å². The summed E-state index contributed by atoms with van der Waals surface area (Å²) >= 11 is 0. The molecule has 0 radical (unpaired) electrons. The molecule has 1 atom stereocenters. The third kappa shape index (κ3) is 5.02. The average Bonchev–Trinajstić information content (AvgIpc) is 2.59. The van der Waals surface area contributed by atoms with Crippen LogP contribution in [0.5, 0.6) is 0 Å². The van der Waals surface area contributed by atoms with Crippen LogP contribution >= 0.6 is 0 Å². The van der Waals surface area contributed by atoms with E-state index in [1.54, 1.807) is 64.4 Å². The van der Waals surface area contributed by atoms with Crippen LogP contribution in [0.2, 0.25) is 0 Å². The molecule has 7 nitrogen and oxygen atoms in total. The predicted molar refractivity (Wildman–Crippen MR) is 96.6 cm³/mol. The number of methoxy groups -OCH3 is 1. The zero-order valence-corrected chi connectivity index (χ0v) is 15.6. The van der Waals surface area contributed by atoms with Gasteiger partial charge in [0.1, 0.15) is 5.60 Å². The second kappa shape index (κ2) is 7.95. The largest absolute Gasteiger partial charge is 0.465 e. The summed E-state index contributed by atoms with van der Waals surface area (Å²) in [5.41, 5.74) is 1.86. The minimum atomic E-state index is -0.585. The molecule has 0 aliphatic heterocycles. The number of alkyl carbamates (subject to hydrolysis) is 1. The fourth-order valence-corrected chi connectivity index (χ4v) is 2.32. The molecule has 0 saturated carbocycles. The highest BCUT2D eigenvalue weighted by Crippen LogP contribution is 2.25. The first-order chi connectivity index (χ1) is 12.2. The van der Waals surface area contributed by atoms with Crippen molar-refractivity contribution in [3.8, 4) is 11.3 Å². The van der Waals surface area contributed by atoms with E-state index in [0.717, 1.165) is 5.56 Å². The number of esters is 1. The van der Waals surface area contributed by atoms with Crippen LogP contribution in [0.4, 0.5) is 4.79 Å². The standard InChI is InChI=1S/C19H23N3O4/c1-12(22-18(24)26-19(2,3)4)15-16(21-11-10-20-15)13-6-8-14(9-7-13)17(23)25-5/h6-12H,1-5H3,(H,22,24)/t12-/m1/s1. The highest BCUT2D eigenvalue weighted by Gasteiger charge is 2.21. The van der Waals surface area contributed by atoms with Crippen LogP contribution in [-0.2, 0) is 9.47 Å². The molecule has 1 aromatic heterocycles. The van der Waals surface area contributed by atoms with Crippen molar-refractivity contribution in [1.29, 1.82) is 0 Å². The predicted octanol–water partition coefficient (Wildman–Crippen LogP) is 3.52. The number of hydrogen-bond donors (Lipinski definition) is 1. The molecule has 138 valence electrons. The molecular weight excluding hydrogens is 334 g/mol. The second-order valence-corrected chi connectivity index (χ2v) is 6.73. The Morgan fingerprint density at radius 1 is 1.08 bits per heavy atom. The molecule has 1 aromatic carbocycles. The third-order valence-electron chi connectivity index (χ3n) is 3.45. The maximum Gasteiger partial charge on any atom is 0.408 e. The van der Waals surface area contributed by atoms with Gasteiger partial charge in [0.05, 0.1) is 30.1 Å². The summed E-state index contributed by atoms with van der Waals surface area (Å²) in [6.07, 6.45) is 2.62. The Bertz CT molecular complexity index is 782. The summed E-state index contributed by atoms with van der Waals surface area (Å²) < 4.78 is 9.98. The van der Waals surface area contributed by atoms with Crippen molar-refractivity contribution in [2.75, 3.05) is 7.11 Å². The summed E-state index contributed by atoms with van der Waals surface area (Å²) in [6, 6.07) is 6.44. The van der Waals surface area contributed by atoms with Gasteiger partial charge in [0.2, 0.25) is 0 Å². The molecule has 0 saturated heterocycles. The number of nitrogens with one attached hydrogen (secondary N) is 1. The number of aromatic nitrogens is 2. The second-order valence-electron chi connectivity index (χ2n) is 6.73. The molecule has 1 amide bonds. The van der Waals surface area contributed by atoms with E-state index >= 15 is 0 Å². The molecule has 2 rings (SSSR count). The van der Waals surface area contributed by atoms with E-state index in [-0.39, 0.29) is 0 Å². The number of hydrogen-bond acceptors (Lipinski definition) is 6. The van der Waals surface area contributed by atoms with Gasteiger partial charge in [-0.05, 0) is 39.8 Å². The van der Waals surface area contributed by atoms with Crippen LogP contribution in [0.15, 0.2) is 36.7 Å². The molecule has 1 N–H and O–H groups in total. The first-order valence-corrected chi connectivity index (χ1v) is 8.20. The normalized spacial score (nSPS) is 12.2. The quantitative estimate of drug-likeness (QED) is 0.842. The van der Waals surface area contributed by atoms with Gasteiger partial charge in [-0.1, -0.05) is 12.1 Å². The lowest BCUT2D eigenvalue weighted by molar-refractivity contribution is 0.0506. The van der Waals surface area contributed by atoms with E-state index in [2.05, 4.69) is 15.3 Å². The molecule has 0 bridgehead atoms. The topological polar surface area (TPSA) is 90.4 Å². The summed E-state index contributed by atoms with van der Waals surface area (Å²) in [7, 11) is 1.33. The van der Waals surface area contributed by atoms with Crippen LogP contribution in [0.3, 0.4) is 0 Å². The molecule has 0 unspecified atom stereocenters. The van der Waals surface area contributed by atoms with E-state index in [1.165, 1.54) is 7.11 Å². The summed E-state index contributed by atoms with van der Waals surface area (Å²) in [4.78, 5) is 32.3. The van der Waals surface area contributed by atoms with Crippen LogP contribution in [-0.4, -0.2) is 34.7 Å². The maximum atomic E-state index is 12.0. The van der Waals surface area contributed by atoms with Crippen molar-refractivity contribution < 1.29 is 19.1 Å². The van der Waals surface area contributed by atoms with Gasteiger partial charge in [0.25, 0.3) is 0 Å². The van der Waals surface area contributed by atoms with Crippen LogP contribution in [0, 0.1) is 0 Å². The Labute approximate surface area is 152 Å². The Balaban J connectivity index is 2.24. The molecule has 0 fully saturated rings. The maximum absolute atomic E-state index is 12.0. The molecule has 1 heterocycles. The first-order valence-electron chi connectivity index (χ1n) is 8.20. The van der Waals surface area contributed by atoms with Gasteiger partial charge in [0, 0.05) is 18.0 Å². The Morgan fingerprint density at radius 2 is 1.69 bits per heavy atom. The van der Waals surface area contributed by atoms with Gasteiger partial charge in [0.15, 0.2) is 0 Å². The number of rotatable bonds is 4. The molecular formula is C19H23N3O4. The lowest BCUT2D eigenvalue weighted by atomic mass is 10.0. The van der Waals surface area contributed by atoms with E-state index < -0.39 is 23.7 Å². The fraction of sp³-hybridized carbons (Fsp3) is 0.368. The smallest absolute Gasteiger partial charge is 0.408 e. The number of ether oxygens (including phenoxy) is 2. The summed E-state index contributed by atoms with van der Waals surface area (Å²) in [5.74, 6) is -0.407. The van der Waals surface area contributed by atoms with Gasteiger partial charge >= 0.3 is 12.1 Å². The first kappa shape index (κ1) is 19.4. The van der Waals surface area contributed by atoms with Crippen molar-refractivity contribution in [2.24, 2.45) is 0 Å². The average molecular weight is 357 g/mol. The van der Waals surface area contributed by atoms with E-state index in [4.69, 9.17) is 9.47 Å². The van der Waals surface area contributed by atoms with Crippen LogP contribution in [0.25, 0.3) is 11.3 Å². The van der Waals surface area contributed by atoms with Gasteiger partial charge in [-0.25, -0.2) is 9.59 Å². The van der Waals surface area contributed by atoms with Gasteiger partial charge in [-0.2, -0.15) is 0 Å². The van der Waals surface area contributed by atoms with Crippen molar-refractivity contribution in [3.63, 3.8) is 0 Å². The zero-order valence-electron chi connectivity index (χ0n) is 15.6. The number of carbonyl (C=O) groups excluding carboxylic acids is 2. The SMILES string of the molecule is COC(=O)c1ccc(-c2nccnc2[C@@H](C)NC(=O)OC(C)(C)C)cc1. The molecule has 2 aromatic rings. The van der Waals surface area contributed by atoms with Crippen molar-refractivity contribution >= 4 is 12.1 Å². The Morgan fingerprint density at radius 3 is 2.27 bits per heavy atom. The Kier molecular flexibility index (Phi) is 5.92. The molecule has 7 heteroatoms. The van der Waals surface area contributed by atoms with Gasteiger partial charge in [-0.3, -0.25) is 9.97 Å². The lowest BCUT2D eigenvalue weighted by Crippen LogP contribution is -2.34. The van der Waals surface area contributed by atoms with E-state index in [1.807, 2.05) is 0 Å². The zero-order chi connectivity index (χ0) is 19.3. The van der Waals surface area contributed by atoms with Gasteiger partial charge in [-0.15, -0.1) is 0 Å². The highest BCUT2D eigenvalue weighted by atomic mass is 16.6. The molecule has 0 spiro atoms. The lowest BCUT2D eigenvalue weighted by Gasteiger charge is -2.22. The molecule has 26 heavy (non-hydrogen) atoms. The number of amides is 1. The molecule has 0 aliphatic rings. The fourth-order valence-electron chi connectivity index (χ4n) is 2.32. The van der Waals surface area contributed by atoms with Crippen molar-refractivity contribution in [2.45, 2.75) is 39.3 Å². The number of carbonyl (C=O) groups is 2. The summed E-state index contributed by atoms with van der Waals surface area (Å²) in [5, 5.41) is 2.76. The highest BCUT2D eigenvalue weighted by molar-refractivity contribution is 5.89. The van der Waals surface area contributed by atoms with E-state index in [9.17, 15) is 9.59 Å². The van der Waals surface area contributed by atoms with Crippen molar-refractivity contribution in [3.05, 3.63) is 47.9 Å². The van der Waals surface area contributed by atoms with E-state index in [0.29, 0.717) is 17.0 Å². The molecule has 0 aliphatic carbocycles. The number of benzene rings is 1. The monoisotopic (exact) mass is 357 g/mol. The van der Waals surface area contributed by atoms with Crippen molar-refractivity contribution in [1.82, 2.24) is 15.3 Å². The van der Waals surface area contributed by atoms with Crippen LogP contribution in [0.1, 0.15) is 49.8 Å². The minimum Gasteiger partial charge on any atom is -0.465 e. The third-order valence-corrected chi connectivity index (χ3v) is 3.45.